The van der Waals surface area contributed by atoms with E-state index in [1.807, 2.05) is 41.3 Å². The van der Waals surface area contributed by atoms with E-state index in [1.165, 1.54) is 0 Å². The fourth-order valence-electron chi connectivity index (χ4n) is 5.83. The molecule has 5 rings (SSSR count). The zero-order chi connectivity index (χ0) is 25.2. The zero-order valence-electron chi connectivity index (χ0n) is 21.5. The summed E-state index contributed by atoms with van der Waals surface area (Å²) in [4.78, 5) is 33.9. The second-order valence-electron chi connectivity index (χ2n) is 9.95. The lowest BCUT2D eigenvalue weighted by molar-refractivity contribution is -0.124. The van der Waals surface area contributed by atoms with Gasteiger partial charge in [0.05, 0.1) is 26.2 Å². The van der Waals surface area contributed by atoms with Crippen molar-refractivity contribution in [3.63, 3.8) is 0 Å². The minimum atomic E-state index is -0.486. The molecule has 1 N–H and O–H groups in total. The maximum absolute atomic E-state index is 13.8. The summed E-state index contributed by atoms with van der Waals surface area (Å²) >= 11 is 0. The largest absolute Gasteiger partial charge is 0.493 e. The lowest BCUT2D eigenvalue weighted by Crippen LogP contribution is -2.50. The molecule has 3 heterocycles. The van der Waals surface area contributed by atoms with Gasteiger partial charge < -0.3 is 29.5 Å². The van der Waals surface area contributed by atoms with Crippen molar-refractivity contribution in [3.05, 3.63) is 58.7 Å². The fourth-order valence-corrected chi connectivity index (χ4v) is 5.83. The van der Waals surface area contributed by atoms with Gasteiger partial charge in [0.25, 0.3) is 5.91 Å². The maximum Gasteiger partial charge on any atom is 0.254 e. The Hall–Kier alpha value is -3.10. The molecule has 2 amide bonds. The molecule has 0 unspecified atom stereocenters. The second kappa shape index (κ2) is 10.5. The van der Waals surface area contributed by atoms with Gasteiger partial charge in [0.2, 0.25) is 5.91 Å². The van der Waals surface area contributed by atoms with Crippen molar-refractivity contribution < 1.29 is 19.1 Å². The van der Waals surface area contributed by atoms with Crippen molar-refractivity contribution in [1.82, 2.24) is 20.0 Å². The summed E-state index contributed by atoms with van der Waals surface area (Å²) in [5.74, 6) is 0.730. The van der Waals surface area contributed by atoms with Crippen molar-refractivity contribution in [2.24, 2.45) is 0 Å². The summed E-state index contributed by atoms with van der Waals surface area (Å²) < 4.78 is 11.1. The molecule has 8 heteroatoms. The van der Waals surface area contributed by atoms with Gasteiger partial charge in [-0.05, 0) is 61.3 Å². The molecule has 192 valence electrons. The van der Waals surface area contributed by atoms with E-state index in [-0.39, 0.29) is 17.9 Å². The highest BCUT2D eigenvalue weighted by Crippen LogP contribution is 2.48. The topological polar surface area (TPSA) is 74.4 Å². The van der Waals surface area contributed by atoms with Gasteiger partial charge in [-0.25, -0.2) is 0 Å². The summed E-state index contributed by atoms with van der Waals surface area (Å²) in [6, 6.07) is 11.1. The Morgan fingerprint density at radius 2 is 1.72 bits per heavy atom. The molecule has 2 aromatic carbocycles. The number of benzene rings is 2. The Morgan fingerprint density at radius 1 is 1.00 bits per heavy atom. The van der Waals surface area contributed by atoms with Gasteiger partial charge in [0.1, 0.15) is 0 Å². The van der Waals surface area contributed by atoms with Crippen LogP contribution < -0.4 is 14.8 Å². The van der Waals surface area contributed by atoms with Gasteiger partial charge in [-0.2, -0.15) is 0 Å². The van der Waals surface area contributed by atoms with E-state index in [1.54, 1.807) is 14.2 Å². The quantitative estimate of drug-likeness (QED) is 0.598. The Labute approximate surface area is 213 Å². The van der Waals surface area contributed by atoms with Crippen LogP contribution in [0.4, 0.5) is 0 Å². The lowest BCUT2D eigenvalue weighted by Gasteiger charge is -2.45. The van der Waals surface area contributed by atoms with Crippen molar-refractivity contribution >= 4 is 11.8 Å². The highest BCUT2D eigenvalue weighted by atomic mass is 16.5. The standard InChI is InChI=1S/C28H36N4O4/c1-30-13-15-31(16-14-30)11-6-10-29-27(33)25-20-7-4-5-8-21(20)28(34)32-12-9-19-17-23(35-2)24(36-3)18-22(19)26(25)32/h4-5,7-8,17-18,25-26H,6,9-16H2,1-3H3,(H,29,33)/t25-,26+/m1/s1. The van der Waals surface area contributed by atoms with E-state index < -0.39 is 5.92 Å². The number of rotatable bonds is 7. The minimum Gasteiger partial charge on any atom is -0.493 e. The number of nitrogens with one attached hydrogen (secondary N) is 1. The first-order chi connectivity index (χ1) is 17.5. The van der Waals surface area contributed by atoms with Crippen LogP contribution in [0.3, 0.4) is 0 Å². The molecule has 0 aromatic heterocycles. The monoisotopic (exact) mass is 492 g/mol. The summed E-state index contributed by atoms with van der Waals surface area (Å²) in [5, 5.41) is 3.20. The molecule has 2 aromatic rings. The van der Waals surface area contributed by atoms with E-state index in [9.17, 15) is 9.59 Å². The number of hydrogen-bond acceptors (Lipinski definition) is 6. The van der Waals surface area contributed by atoms with Crippen LogP contribution in [0.15, 0.2) is 36.4 Å². The zero-order valence-corrected chi connectivity index (χ0v) is 21.5. The molecule has 0 radical (unpaired) electrons. The highest BCUT2D eigenvalue weighted by molar-refractivity contribution is 6.01. The van der Waals surface area contributed by atoms with Crippen LogP contribution in [0.5, 0.6) is 11.5 Å². The third-order valence-corrected chi connectivity index (χ3v) is 7.85. The average molecular weight is 493 g/mol. The Bertz CT molecular complexity index is 1130. The smallest absolute Gasteiger partial charge is 0.254 e. The number of piperazine rings is 1. The van der Waals surface area contributed by atoms with Crippen molar-refractivity contribution in [2.45, 2.75) is 24.8 Å². The first-order valence-corrected chi connectivity index (χ1v) is 12.8. The average Bonchev–Trinajstić information content (AvgIpc) is 2.91. The van der Waals surface area contributed by atoms with Gasteiger partial charge in [-0.15, -0.1) is 0 Å². The molecule has 3 aliphatic rings. The molecule has 0 saturated carbocycles. The Kier molecular flexibility index (Phi) is 7.16. The van der Waals surface area contributed by atoms with Crippen LogP contribution >= 0.6 is 0 Å². The number of likely N-dealkylation sites (N-methyl/N-ethyl adjacent to an activating group) is 1. The molecule has 0 aliphatic carbocycles. The van der Waals surface area contributed by atoms with Crippen LogP contribution in [0.1, 0.15) is 45.4 Å². The number of nitrogens with zero attached hydrogens (tertiary/aromatic N) is 3. The van der Waals surface area contributed by atoms with Crippen molar-refractivity contribution in [1.29, 1.82) is 0 Å². The SMILES string of the molecule is COc1cc2c(cc1OC)[C@H]1[C@H](C(=O)NCCCN3CCN(C)CC3)c3ccccc3C(=O)N1CC2. The minimum absolute atomic E-state index is 0.0184. The van der Waals surface area contributed by atoms with Gasteiger partial charge in [0.15, 0.2) is 11.5 Å². The second-order valence-corrected chi connectivity index (χ2v) is 9.95. The van der Waals surface area contributed by atoms with Gasteiger partial charge in [0, 0.05) is 44.8 Å². The van der Waals surface area contributed by atoms with Gasteiger partial charge in [-0.1, -0.05) is 18.2 Å². The predicted molar refractivity (Wildman–Crippen MR) is 138 cm³/mol. The van der Waals surface area contributed by atoms with Gasteiger partial charge in [-0.3, -0.25) is 9.59 Å². The van der Waals surface area contributed by atoms with Crippen LogP contribution in [-0.2, 0) is 11.2 Å². The van der Waals surface area contributed by atoms with Crippen LogP contribution in [0.25, 0.3) is 0 Å². The van der Waals surface area contributed by atoms with Crippen LogP contribution in [0.2, 0.25) is 0 Å². The molecule has 1 saturated heterocycles. The number of carbonyl (C=O) groups excluding carboxylic acids is 2. The summed E-state index contributed by atoms with van der Waals surface area (Å²) in [6.45, 7) is 6.47. The number of ether oxygens (including phenoxy) is 2. The first kappa shape index (κ1) is 24.6. The normalized spacial score (nSPS) is 21.9. The van der Waals surface area contributed by atoms with E-state index in [0.29, 0.717) is 36.6 Å². The third kappa shape index (κ3) is 4.55. The number of carbonyl (C=O) groups is 2. The number of hydrogen-bond donors (Lipinski definition) is 1. The van der Waals surface area contributed by atoms with E-state index >= 15 is 0 Å². The molecule has 0 bridgehead atoms. The lowest BCUT2D eigenvalue weighted by atomic mass is 9.75. The number of amides is 2. The number of fused-ring (bicyclic) bond motifs is 4. The molecule has 0 spiro atoms. The Balaban J connectivity index is 1.40. The van der Waals surface area contributed by atoms with E-state index in [2.05, 4.69) is 22.2 Å². The van der Waals surface area contributed by atoms with Crippen LogP contribution in [0, 0.1) is 0 Å². The highest BCUT2D eigenvalue weighted by Gasteiger charge is 2.46. The molecule has 8 nitrogen and oxygen atoms in total. The molecular formula is C28H36N4O4. The molecule has 36 heavy (non-hydrogen) atoms. The fraction of sp³-hybridized carbons (Fsp3) is 0.500. The molecule has 1 fully saturated rings. The summed E-state index contributed by atoms with van der Waals surface area (Å²) in [6.07, 6.45) is 1.61. The molecular weight excluding hydrogens is 456 g/mol. The van der Waals surface area contributed by atoms with Crippen LogP contribution in [-0.4, -0.2) is 93.6 Å². The van der Waals surface area contributed by atoms with Gasteiger partial charge >= 0.3 is 0 Å². The Morgan fingerprint density at radius 3 is 2.47 bits per heavy atom. The third-order valence-electron chi connectivity index (χ3n) is 7.85. The van der Waals surface area contributed by atoms with E-state index in [4.69, 9.17) is 9.47 Å². The predicted octanol–water partition coefficient (Wildman–Crippen LogP) is 2.29. The first-order valence-electron chi connectivity index (χ1n) is 12.8. The number of methoxy groups -OCH3 is 2. The van der Waals surface area contributed by atoms with Crippen molar-refractivity contribution in [3.8, 4) is 11.5 Å². The van der Waals surface area contributed by atoms with Crippen molar-refractivity contribution in [2.75, 3.05) is 67.1 Å². The molecule has 3 aliphatic heterocycles. The summed E-state index contributed by atoms with van der Waals surface area (Å²) in [7, 11) is 5.39. The maximum atomic E-state index is 13.8. The molecule has 2 atom stereocenters. The summed E-state index contributed by atoms with van der Waals surface area (Å²) in [5.41, 5.74) is 3.46. The van der Waals surface area contributed by atoms with E-state index in [0.717, 1.165) is 55.8 Å².